The predicted octanol–water partition coefficient (Wildman–Crippen LogP) is 2.81. The van der Waals surface area contributed by atoms with Crippen molar-refractivity contribution in [2.24, 2.45) is 0 Å². The molecule has 0 unspecified atom stereocenters. The molecule has 0 bridgehead atoms. The third kappa shape index (κ3) is 3.30. The quantitative estimate of drug-likeness (QED) is 0.805. The summed E-state index contributed by atoms with van der Waals surface area (Å²) in [7, 11) is -4.27. The number of anilines is 2. The molecular weight excluding hydrogens is 368 g/mol. The highest BCUT2D eigenvalue weighted by Crippen LogP contribution is 2.24. The molecule has 1 aromatic carbocycles. The summed E-state index contributed by atoms with van der Waals surface area (Å²) in [5, 5.41) is 0. The van der Waals surface area contributed by atoms with Gasteiger partial charge in [0.25, 0.3) is 10.0 Å². The number of hydrogen-bond acceptors (Lipinski definition) is 4. The fourth-order valence-corrected chi connectivity index (χ4v) is 3.20. The largest absolute Gasteiger partial charge is 0.396 e. The first-order valence-corrected chi connectivity index (χ1v) is 7.88. The molecule has 0 aliphatic carbocycles. The number of aryl methyl sites for hydroxylation is 1. The van der Waals surface area contributed by atoms with Crippen LogP contribution in [0.25, 0.3) is 0 Å². The van der Waals surface area contributed by atoms with Crippen molar-refractivity contribution >= 4 is 37.5 Å². The Morgan fingerprint density at radius 2 is 1.90 bits per heavy atom. The molecule has 2 aromatic rings. The van der Waals surface area contributed by atoms with Crippen LogP contribution in [0.5, 0.6) is 0 Å². The van der Waals surface area contributed by atoms with E-state index < -0.39 is 32.2 Å². The Labute approximate surface area is 128 Å². The van der Waals surface area contributed by atoms with Crippen LogP contribution in [-0.2, 0) is 10.0 Å². The zero-order valence-corrected chi connectivity index (χ0v) is 13.1. The van der Waals surface area contributed by atoms with E-state index in [0.29, 0.717) is 16.1 Å². The second-order valence-corrected chi connectivity index (χ2v) is 6.80. The molecule has 2 rings (SSSR count). The molecule has 0 atom stereocenters. The zero-order chi connectivity index (χ0) is 15.8. The van der Waals surface area contributed by atoms with Gasteiger partial charge >= 0.3 is 0 Å². The maximum atomic E-state index is 13.7. The third-order valence-corrected chi connectivity index (χ3v) is 4.40. The fraction of sp³-hybridized carbons (Fsp3) is 0.0833. The van der Waals surface area contributed by atoms with Crippen LogP contribution in [-0.4, -0.2) is 13.4 Å². The van der Waals surface area contributed by atoms with Gasteiger partial charge in [-0.05, 0) is 40.5 Å². The lowest BCUT2D eigenvalue weighted by Crippen LogP contribution is -2.17. The molecule has 0 saturated carbocycles. The van der Waals surface area contributed by atoms with Crippen LogP contribution in [0.3, 0.4) is 0 Å². The maximum Gasteiger partial charge on any atom is 0.266 e. The lowest BCUT2D eigenvalue weighted by molar-refractivity contribution is 0.553. The molecule has 1 heterocycles. The van der Waals surface area contributed by atoms with Gasteiger partial charge in [-0.2, -0.15) is 0 Å². The molecular formula is C12H10BrF2N3O2S. The van der Waals surface area contributed by atoms with Crippen LogP contribution >= 0.6 is 15.9 Å². The molecule has 5 nitrogen and oxygen atoms in total. The minimum Gasteiger partial charge on any atom is -0.396 e. The first kappa shape index (κ1) is 15.6. The molecule has 0 fully saturated rings. The summed E-state index contributed by atoms with van der Waals surface area (Å²) in [4.78, 5) is 3.15. The Kier molecular flexibility index (Phi) is 4.15. The fourth-order valence-electron chi connectivity index (χ4n) is 1.58. The Hall–Kier alpha value is -1.74. The molecule has 9 heteroatoms. The number of nitrogen functional groups attached to an aromatic ring is 1. The van der Waals surface area contributed by atoms with Gasteiger partial charge in [-0.1, -0.05) is 0 Å². The van der Waals surface area contributed by atoms with Gasteiger partial charge in [-0.3, -0.25) is 4.72 Å². The van der Waals surface area contributed by atoms with Crippen LogP contribution in [0, 0.1) is 18.6 Å². The smallest absolute Gasteiger partial charge is 0.266 e. The van der Waals surface area contributed by atoms with Crippen molar-refractivity contribution in [1.29, 1.82) is 0 Å². The SMILES string of the molecule is Cc1cc(Br)cnc1NS(=O)(=O)c1cc(N)c(F)cc1F. The van der Waals surface area contributed by atoms with Crippen molar-refractivity contribution in [3.05, 3.63) is 46.1 Å². The van der Waals surface area contributed by atoms with Crippen molar-refractivity contribution in [2.75, 3.05) is 10.5 Å². The van der Waals surface area contributed by atoms with Gasteiger partial charge in [0.2, 0.25) is 0 Å². The first-order chi connectivity index (χ1) is 9.70. The van der Waals surface area contributed by atoms with Gasteiger partial charge in [-0.15, -0.1) is 0 Å². The zero-order valence-electron chi connectivity index (χ0n) is 10.7. The number of sulfonamides is 1. The number of hydrogen-bond donors (Lipinski definition) is 2. The van der Waals surface area contributed by atoms with Crippen LogP contribution < -0.4 is 10.5 Å². The summed E-state index contributed by atoms with van der Waals surface area (Å²) in [5.41, 5.74) is 5.34. The summed E-state index contributed by atoms with van der Waals surface area (Å²) in [5.74, 6) is -2.21. The Morgan fingerprint density at radius 1 is 1.24 bits per heavy atom. The monoisotopic (exact) mass is 377 g/mol. The van der Waals surface area contributed by atoms with Gasteiger partial charge in [-0.25, -0.2) is 22.2 Å². The van der Waals surface area contributed by atoms with E-state index in [1.807, 2.05) is 0 Å². The summed E-state index contributed by atoms with van der Waals surface area (Å²) in [6.45, 7) is 1.63. The number of rotatable bonds is 3. The molecule has 3 N–H and O–H groups in total. The average Bonchev–Trinajstić information content (AvgIpc) is 2.37. The van der Waals surface area contributed by atoms with Crippen LogP contribution in [0.15, 0.2) is 33.8 Å². The number of nitrogens with zero attached hydrogens (tertiary/aromatic N) is 1. The number of benzene rings is 1. The molecule has 0 saturated heterocycles. The van der Waals surface area contributed by atoms with E-state index in [9.17, 15) is 17.2 Å². The normalized spacial score (nSPS) is 11.4. The van der Waals surface area contributed by atoms with Gasteiger partial charge in [0.15, 0.2) is 0 Å². The lowest BCUT2D eigenvalue weighted by Gasteiger charge is -2.11. The Balaban J connectivity index is 2.46. The van der Waals surface area contributed by atoms with Crippen LogP contribution in [0.2, 0.25) is 0 Å². The molecule has 112 valence electrons. The van der Waals surface area contributed by atoms with Crippen LogP contribution in [0.4, 0.5) is 20.3 Å². The average molecular weight is 378 g/mol. The van der Waals surface area contributed by atoms with E-state index in [-0.39, 0.29) is 5.82 Å². The molecule has 0 aliphatic heterocycles. The minimum atomic E-state index is -4.27. The topological polar surface area (TPSA) is 85.1 Å². The number of nitrogens with one attached hydrogen (secondary N) is 1. The first-order valence-electron chi connectivity index (χ1n) is 5.60. The standard InChI is InChI=1S/C12H10BrF2N3O2S/c1-6-2-7(13)5-17-12(6)18-21(19,20)11-4-10(16)8(14)3-9(11)15/h2-5H,16H2,1H3,(H,17,18). The van der Waals surface area contributed by atoms with E-state index in [0.717, 1.165) is 6.07 Å². The molecule has 1 aromatic heterocycles. The highest BCUT2D eigenvalue weighted by molar-refractivity contribution is 9.10. The highest BCUT2D eigenvalue weighted by atomic mass is 79.9. The summed E-state index contributed by atoms with van der Waals surface area (Å²) >= 11 is 3.19. The maximum absolute atomic E-state index is 13.7. The Bertz CT molecular complexity index is 812. The molecule has 0 spiro atoms. The number of pyridine rings is 1. The van der Waals surface area contributed by atoms with E-state index >= 15 is 0 Å². The number of nitrogens with two attached hydrogens (primary N) is 1. The summed E-state index contributed by atoms with van der Waals surface area (Å²) in [6, 6.07) is 2.78. The van der Waals surface area contributed by atoms with Gasteiger partial charge in [0.1, 0.15) is 22.3 Å². The van der Waals surface area contributed by atoms with Gasteiger partial charge in [0, 0.05) is 16.7 Å². The van der Waals surface area contributed by atoms with E-state index in [1.165, 1.54) is 6.20 Å². The van der Waals surface area contributed by atoms with Crippen molar-refractivity contribution in [3.63, 3.8) is 0 Å². The van der Waals surface area contributed by atoms with Crippen molar-refractivity contribution in [1.82, 2.24) is 4.98 Å². The highest BCUT2D eigenvalue weighted by Gasteiger charge is 2.22. The molecule has 0 radical (unpaired) electrons. The van der Waals surface area contributed by atoms with Crippen molar-refractivity contribution in [2.45, 2.75) is 11.8 Å². The Morgan fingerprint density at radius 3 is 2.52 bits per heavy atom. The van der Waals surface area contributed by atoms with Crippen LogP contribution in [0.1, 0.15) is 5.56 Å². The van der Waals surface area contributed by atoms with Gasteiger partial charge < -0.3 is 5.73 Å². The second-order valence-electron chi connectivity index (χ2n) is 4.23. The molecule has 21 heavy (non-hydrogen) atoms. The predicted molar refractivity (Wildman–Crippen MR) is 78.3 cm³/mol. The summed E-state index contributed by atoms with van der Waals surface area (Å²) in [6.07, 6.45) is 1.39. The van der Waals surface area contributed by atoms with E-state index in [1.54, 1.807) is 13.0 Å². The number of halogens is 3. The molecule has 0 amide bonds. The molecule has 0 aliphatic rings. The lowest BCUT2D eigenvalue weighted by atomic mass is 10.3. The minimum absolute atomic E-state index is 0.0421. The summed E-state index contributed by atoms with van der Waals surface area (Å²) < 4.78 is 53.8. The third-order valence-electron chi connectivity index (χ3n) is 2.62. The van der Waals surface area contributed by atoms with Crippen molar-refractivity contribution < 1.29 is 17.2 Å². The van der Waals surface area contributed by atoms with Gasteiger partial charge in [0.05, 0.1) is 5.69 Å². The van der Waals surface area contributed by atoms with E-state index in [4.69, 9.17) is 5.73 Å². The number of aromatic nitrogens is 1. The second kappa shape index (κ2) is 5.57. The van der Waals surface area contributed by atoms with Crippen molar-refractivity contribution in [3.8, 4) is 0 Å². The van der Waals surface area contributed by atoms with E-state index in [2.05, 4.69) is 25.6 Å².